The first-order chi connectivity index (χ1) is 8.70. The van der Waals surface area contributed by atoms with Gasteiger partial charge >= 0.3 is 0 Å². The lowest BCUT2D eigenvalue weighted by Crippen LogP contribution is -2.44. The second kappa shape index (κ2) is 6.34. The molecule has 1 saturated carbocycles. The van der Waals surface area contributed by atoms with Crippen LogP contribution < -0.4 is 11.1 Å². The molecule has 3 N–H and O–H groups in total. The van der Waals surface area contributed by atoms with Crippen molar-refractivity contribution in [2.45, 2.75) is 31.7 Å². The van der Waals surface area contributed by atoms with Gasteiger partial charge in [0, 0.05) is 22.6 Å². The van der Waals surface area contributed by atoms with Crippen LogP contribution >= 0.6 is 15.9 Å². The number of nitrogens with one attached hydrogen (secondary N) is 1. The normalized spacial score (nSPS) is 17.7. The Labute approximate surface area is 116 Å². The third-order valence-corrected chi connectivity index (χ3v) is 4.12. The summed E-state index contributed by atoms with van der Waals surface area (Å²) in [5.74, 6) is 0.518. The highest BCUT2D eigenvalue weighted by molar-refractivity contribution is 9.10. The Morgan fingerprint density at radius 2 is 2.17 bits per heavy atom. The summed E-state index contributed by atoms with van der Waals surface area (Å²) in [5, 5.41) is 3.07. The minimum atomic E-state index is -0.0290. The molecule has 1 aliphatic carbocycles. The van der Waals surface area contributed by atoms with Gasteiger partial charge in [-0.1, -0.05) is 34.8 Å². The fourth-order valence-electron chi connectivity index (χ4n) is 2.61. The van der Waals surface area contributed by atoms with Gasteiger partial charge in [0.25, 0.3) is 5.91 Å². The average Bonchev–Trinajstić information content (AvgIpc) is 2.89. The molecule has 0 aromatic heterocycles. The Hall–Kier alpha value is -0.870. The Kier molecular flexibility index (Phi) is 4.78. The van der Waals surface area contributed by atoms with Crippen LogP contribution in [-0.2, 0) is 0 Å². The number of carbonyl (C=O) groups is 1. The van der Waals surface area contributed by atoms with E-state index >= 15 is 0 Å². The summed E-state index contributed by atoms with van der Waals surface area (Å²) in [6.07, 6.45) is 4.88. The minimum Gasteiger partial charge on any atom is -0.348 e. The van der Waals surface area contributed by atoms with Crippen molar-refractivity contribution in [1.82, 2.24) is 5.32 Å². The molecule has 1 aromatic rings. The van der Waals surface area contributed by atoms with Crippen LogP contribution in [0.3, 0.4) is 0 Å². The van der Waals surface area contributed by atoms with E-state index in [1.807, 2.05) is 24.3 Å². The molecule has 1 unspecified atom stereocenters. The summed E-state index contributed by atoms with van der Waals surface area (Å²) in [6, 6.07) is 7.54. The fraction of sp³-hybridized carbons (Fsp3) is 0.500. The van der Waals surface area contributed by atoms with Gasteiger partial charge < -0.3 is 11.1 Å². The van der Waals surface area contributed by atoms with Gasteiger partial charge in [0.05, 0.1) is 0 Å². The molecule has 18 heavy (non-hydrogen) atoms. The second-order valence-electron chi connectivity index (χ2n) is 4.87. The maximum absolute atomic E-state index is 12.1. The minimum absolute atomic E-state index is 0.0290. The molecule has 1 fully saturated rings. The predicted molar refractivity (Wildman–Crippen MR) is 76.4 cm³/mol. The highest BCUT2D eigenvalue weighted by Gasteiger charge is 2.25. The summed E-state index contributed by atoms with van der Waals surface area (Å²) in [4.78, 5) is 12.1. The van der Waals surface area contributed by atoms with E-state index in [0.29, 0.717) is 18.0 Å². The van der Waals surface area contributed by atoms with E-state index in [0.717, 1.165) is 4.47 Å². The summed E-state index contributed by atoms with van der Waals surface area (Å²) in [7, 11) is 0. The second-order valence-corrected chi connectivity index (χ2v) is 5.79. The van der Waals surface area contributed by atoms with Gasteiger partial charge in [0.2, 0.25) is 0 Å². The average molecular weight is 311 g/mol. The first-order valence-corrected chi connectivity index (χ1v) is 7.26. The Bertz CT molecular complexity index is 416. The maximum atomic E-state index is 12.1. The molecule has 4 heteroatoms. The summed E-state index contributed by atoms with van der Waals surface area (Å²) in [6.45, 7) is 0.518. The van der Waals surface area contributed by atoms with Gasteiger partial charge in [-0.05, 0) is 37.0 Å². The SMILES string of the molecule is NCC(NC(=O)c1cccc(Br)c1)C1CCCC1. The standard InChI is InChI=1S/C14H19BrN2O/c15-12-7-3-6-11(8-12)14(18)17-13(9-16)10-4-1-2-5-10/h3,6-8,10,13H,1-2,4-5,9,16H2,(H,17,18). The molecule has 1 aromatic carbocycles. The molecule has 0 heterocycles. The lowest BCUT2D eigenvalue weighted by atomic mass is 9.98. The number of amides is 1. The van der Waals surface area contributed by atoms with Crippen LogP contribution in [0.25, 0.3) is 0 Å². The van der Waals surface area contributed by atoms with Gasteiger partial charge in [-0.3, -0.25) is 4.79 Å². The molecule has 3 nitrogen and oxygen atoms in total. The molecule has 2 rings (SSSR count). The quantitative estimate of drug-likeness (QED) is 0.898. The molecule has 0 radical (unpaired) electrons. The molecule has 0 saturated heterocycles. The van der Waals surface area contributed by atoms with Crippen molar-refractivity contribution in [3.8, 4) is 0 Å². The Morgan fingerprint density at radius 1 is 1.44 bits per heavy atom. The van der Waals surface area contributed by atoms with Gasteiger partial charge in [0.15, 0.2) is 0 Å². The third kappa shape index (κ3) is 3.33. The number of hydrogen-bond donors (Lipinski definition) is 2. The monoisotopic (exact) mass is 310 g/mol. The van der Waals surface area contributed by atoms with Gasteiger partial charge in [-0.25, -0.2) is 0 Å². The number of rotatable bonds is 4. The molecule has 1 aliphatic rings. The van der Waals surface area contributed by atoms with Crippen LogP contribution in [-0.4, -0.2) is 18.5 Å². The van der Waals surface area contributed by atoms with Gasteiger partial charge in [-0.15, -0.1) is 0 Å². The lowest BCUT2D eigenvalue weighted by Gasteiger charge is -2.23. The van der Waals surface area contributed by atoms with Crippen molar-refractivity contribution in [3.63, 3.8) is 0 Å². The van der Waals surface area contributed by atoms with Crippen LogP contribution in [0.2, 0.25) is 0 Å². The highest BCUT2D eigenvalue weighted by atomic mass is 79.9. The molecule has 0 bridgehead atoms. The molecule has 0 aliphatic heterocycles. The first kappa shape index (κ1) is 13.6. The van der Waals surface area contributed by atoms with Crippen molar-refractivity contribution >= 4 is 21.8 Å². The van der Waals surface area contributed by atoms with E-state index in [9.17, 15) is 4.79 Å². The Balaban J connectivity index is 2.00. The van der Waals surface area contributed by atoms with Crippen LogP contribution in [0.1, 0.15) is 36.0 Å². The summed E-state index contributed by atoms with van der Waals surface area (Å²) >= 11 is 3.38. The first-order valence-electron chi connectivity index (χ1n) is 6.47. The Morgan fingerprint density at radius 3 is 2.78 bits per heavy atom. The highest BCUT2D eigenvalue weighted by Crippen LogP contribution is 2.27. The topological polar surface area (TPSA) is 55.1 Å². The molecule has 98 valence electrons. The zero-order valence-electron chi connectivity index (χ0n) is 10.4. The third-order valence-electron chi connectivity index (χ3n) is 3.63. The number of carbonyl (C=O) groups excluding carboxylic acids is 1. The zero-order valence-corrected chi connectivity index (χ0v) is 11.9. The van der Waals surface area contributed by atoms with Crippen LogP contribution in [0, 0.1) is 5.92 Å². The van der Waals surface area contributed by atoms with E-state index < -0.39 is 0 Å². The molecule has 0 spiro atoms. The molecular weight excluding hydrogens is 292 g/mol. The van der Waals surface area contributed by atoms with E-state index in [1.54, 1.807) is 0 Å². The van der Waals surface area contributed by atoms with Crippen molar-refractivity contribution in [2.75, 3.05) is 6.54 Å². The van der Waals surface area contributed by atoms with Gasteiger partial charge in [0.1, 0.15) is 0 Å². The summed E-state index contributed by atoms with van der Waals surface area (Å²) in [5.41, 5.74) is 6.47. The van der Waals surface area contributed by atoms with Crippen molar-refractivity contribution in [2.24, 2.45) is 11.7 Å². The predicted octanol–water partition coefficient (Wildman–Crippen LogP) is 2.70. The fourth-order valence-corrected chi connectivity index (χ4v) is 3.01. The van der Waals surface area contributed by atoms with Crippen LogP contribution in [0.5, 0.6) is 0 Å². The van der Waals surface area contributed by atoms with E-state index in [2.05, 4.69) is 21.2 Å². The summed E-state index contributed by atoms with van der Waals surface area (Å²) < 4.78 is 0.917. The van der Waals surface area contributed by atoms with Crippen molar-refractivity contribution in [3.05, 3.63) is 34.3 Å². The number of nitrogens with two attached hydrogens (primary N) is 1. The van der Waals surface area contributed by atoms with E-state index in [4.69, 9.17) is 5.73 Å². The smallest absolute Gasteiger partial charge is 0.251 e. The maximum Gasteiger partial charge on any atom is 0.251 e. The number of hydrogen-bond acceptors (Lipinski definition) is 2. The van der Waals surface area contributed by atoms with Crippen molar-refractivity contribution < 1.29 is 4.79 Å². The zero-order chi connectivity index (χ0) is 13.0. The molecular formula is C14H19BrN2O. The number of benzene rings is 1. The van der Waals surface area contributed by atoms with E-state index in [-0.39, 0.29) is 11.9 Å². The lowest BCUT2D eigenvalue weighted by molar-refractivity contribution is 0.0924. The number of halogens is 1. The molecule has 1 atom stereocenters. The molecule has 1 amide bonds. The van der Waals surface area contributed by atoms with Crippen LogP contribution in [0.15, 0.2) is 28.7 Å². The van der Waals surface area contributed by atoms with E-state index in [1.165, 1.54) is 25.7 Å². The van der Waals surface area contributed by atoms with Crippen molar-refractivity contribution in [1.29, 1.82) is 0 Å². The van der Waals surface area contributed by atoms with Gasteiger partial charge in [-0.2, -0.15) is 0 Å². The van der Waals surface area contributed by atoms with Crippen LogP contribution in [0.4, 0.5) is 0 Å². The largest absolute Gasteiger partial charge is 0.348 e.